The number of benzene rings is 2. The molecule has 0 unspecified atom stereocenters. The first-order valence-corrected chi connectivity index (χ1v) is 6.50. The summed E-state index contributed by atoms with van der Waals surface area (Å²) >= 11 is 6.92. The Balaban J connectivity index is 2.32. The molecule has 0 spiro atoms. The number of hydrogen-bond donors (Lipinski definition) is 1. The minimum Gasteiger partial charge on any atom is -0.354 e. The van der Waals surface area contributed by atoms with Gasteiger partial charge in [-0.05, 0) is 62.2 Å². The second kappa shape index (κ2) is 5.35. The summed E-state index contributed by atoms with van der Waals surface area (Å²) < 4.78 is 1.86. The molecular formula is C13H8Br2N2. The van der Waals surface area contributed by atoms with E-state index in [2.05, 4.69) is 43.2 Å². The van der Waals surface area contributed by atoms with E-state index in [1.807, 2.05) is 30.3 Å². The van der Waals surface area contributed by atoms with Gasteiger partial charge < -0.3 is 5.32 Å². The standard InChI is InChI=1S/C13H8Br2N2/c14-10-3-1-2-4-12(10)17-13-6-5-9(8-16)7-11(13)15/h1-7,17H. The molecule has 0 aliphatic carbocycles. The molecule has 0 atom stereocenters. The van der Waals surface area contributed by atoms with Crippen molar-refractivity contribution in [2.75, 3.05) is 5.32 Å². The Kier molecular flexibility index (Phi) is 3.82. The highest BCUT2D eigenvalue weighted by Crippen LogP contribution is 2.30. The molecule has 84 valence electrons. The van der Waals surface area contributed by atoms with Crippen molar-refractivity contribution in [2.45, 2.75) is 0 Å². The lowest BCUT2D eigenvalue weighted by Gasteiger charge is -2.10. The summed E-state index contributed by atoms with van der Waals surface area (Å²) in [5.74, 6) is 0. The summed E-state index contributed by atoms with van der Waals surface area (Å²) in [6, 6.07) is 15.4. The summed E-state index contributed by atoms with van der Waals surface area (Å²) in [4.78, 5) is 0. The van der Waals surface area contributed by atoms with Crippen molar-refractivity contribution in [1.29, 1.82) is 5.26 Å². The molecule has 4 heteroatoms. The molecule has 1 N–H and O–H groups in total. The quantitative estimate of drug-likeness (QED) is 0.841. The van der Waals surface area contributed by atoms with Crippen LogP contribution in [-0.4, -0.2) is 0 Å². The fraction of sp³-hybridized carbons (Fsp3) is 0. The van der Waals surface area contributed by atoms with Crippen LogP contribution in [-0.2, 0) is 0 Å². The zero-order valence-corrected chi connectivity index (χ0v) is 11.9. The van der Waals surface area contributed by atoms with Crippen LogP contribution in [0.25, 0.3) is 0 Å². The van der Waals surface area contributed by atoms with Crippen molar-refractivity contribution in [1.82, 2.24) is 0 Å². The van der Waals surface area contributed by atoms with Crippen molar-refractivity contribution < 1.29 is 0 Å². The Morgan fingerprint density at radius 2 is 1.65 bits per heavy atom. The molecule has 0 fully saturated rings. The lowest BCUT2D eigenvalue weighted by Crippen LogP contribution is -1.92. The molecule has 0 heterocycles. The van der Waals surface area contributed by atoms with E-state index < -0.39 is 0 Å². The topological polar surface area (TPSA) is 35.8 Å². The monoisotopic (exact) mass is 350 g/mol. The van der Waals surface area contributed by atoms with Gasteiger partial charge in [0.15, 0.2) is 0 Å². The van der Waals surface area contributed by atoms with Crippen LogP contribution in [0.15, 0.2) is 51.4 Å². The van der Waals surface area contributed by atoms with Gasteiger partial charge in [0.05, 0.1) is 23.0 Å². The normalized spacial score (nSPS) is 9.71. The van der Waals surface area contributed by atoms with Gasteiger partial charge in [-0.2, -0.15) is 5.26 Å². The maximum Gasteiger partial charge on any atom is 0.0992 e. The van der Waals surface area contributed by atoms with Crippen molar-refractivity contribution in [3.05, 3.63) is 57.0 Å². The van der Waals surface area contributed by atoms with Gasteiger partial charge in [0.2, 0.25) is 0 Å². The molecule has 0 bridgehead atoms. The second-order valence-corrected chi connectivity index (χ2v) is 5.12. The molecule has 0 amide bonds. The number of hydrogen-bond acceptors (Lipinski definition) is 2. The van der Waals surface area contributed by atoms with Crippen LogP contribution in [0.3, 0.4) is 0 Å². The van der Waals surface area contributed by atoms with Gasteiger partial charge in [-0.1, -0.05) is 12.1 Å². The molecule has 0 saturated carbocycles. The first-order chi connectivity index (χ1) is 8.20. The highest BCUT2D eigenvalue weighted by molar-refractivity contribution is 9.11. The average Bonchev–Trinajstić information content (AvgIpc) is 2.34. The number of halogens is 2. The third-order valence-corrected chi connectivity index (χ3v) is 3.59. The predicted molar refractivity (Wildman–Crippen MR) is 76.3 cm³/mol. The molecule has 2 nitrogen and oxygen atoms in total. The first-order valence-electron chi connectivity index (χ1n) is 4.92. The minimum absolute atomic E-state index is 0.634. The lowest BCUT2D eigenvalue weighted by atomic mass is 10.2. The van der Waals surface area contributed by atoms with E-state index in [9.17, 15) is 0 Å². The second-order valence-electron chi connectivity index (χ2n) is 3.41. The third kappa shape index (κ3) is 2.87. The summed E-state index contributed by atoms with van der Waals surface area (Å²) in [7, 11) is 0. The Bertz CT molecular complexity index is 588. The number of anilines is 2. The Hall–Kier alpha value is -1.31. The van der Waals surface area contributed by atoms with E-state index in [0.29, 0.717) is 5.56 Å². The van der Waals surface area contributed by atoms with Gasteiger partial charge in [-0.15, -0.1) is 0 Å². The number of nitrogens with zero attached hydrogens (tertiary/aromatic N) is 1. The summed E-state index contributed by atoms with van der Waals surface area (Å²) in [5.41, 5.74) is 2.54. The zero-order chi connectivity index (χ0) is 12.3. The fourth-order valence-electron chi connectivity index (χ4n) is 1.39. The zero-order valence-electron chi connectivity index (χ0n) is 8.74. The Morgan fingerprint density at radius 1 is 0.941 bits per heavy atom. The van der Waals surface area contributed by atoms with Crippen molar-refractivity contribution in [2.24, 2.45) is 0 Å². The molecule has 0 radical (unpaired) electrons. The maximum absolute atomic E-state index is 8.79. The Labute approximate surface area is 117 Å². The number of rotatable bonds is 2. The van der Waals surface area contributed by atoms with Crippen LogP contribution >= 0.6 is 31.9 Å². The van der Waals surface area contributed by atoms with Gasteiger partial charge in [-0.25, -0.2) is 0 Å². The van der Waals surface area contributed by atoms with E-state index in [1.165, 1.54) is 0 Å². The average molecular weight is 352 g/mol. The van der Waals surface area contributed by atoms with Gasteiger partial charge in [-0.3, -0.25) is 0 Å². The van der Waals surface area contributed by atoms with Crippen LogP contribution < -0.4 is 5.32 Å². The van der Waals surface area contributed by atoms with Crippen LogP contribution in [0.2, 0.25) is 0 Å². The minimum atomic E-state index is 0.634. The SMILES string of the molecule is N#Cc1ccc(Nc2ccccc2Br)c(Br)c1. The summed E-state index contributed by atoms with van der Waals surface area (Å²) in [5, 5.41) is 12.1. The fourth-order valence-corrected chi connectivity index (χ4v) is 2.26. The van der Waals surface area contributed by atoms with Crippen LogP contribution in [0.1, 0.15) is 5.56 Å². The predicted octanol–water partition coefficient (Wildman–Crippen LogP) is 4.83. The van der Waals surface area contributed by atoms with Gasteiger partial charge >= 0.3 is 0 Å². The molecule has 0 saturated heterocycles. The largest absolute Gasteiger partial charge is 0.354 e. The van der Waals surface area contributed by atoms with Crippen molar-refractivity contribution >= 4 is 43.2 Å². The van der Waals surface area contributed by atoms with Gasteiger partial charge in [0, 0.05) is 8.95 Å². The highest BCUT2D eigenvalue weighted by atomic mass is 79.9. The van der Waals surface area contributed by atoms with Gasteiger partial charge in [0.25, 0.3) is 0 Å². The maximum atomic E-state index is 8.79. The number of para-hydroxylation sites is 1. The molecule has 0 aliphatic heterocycles. The van der Waals surface area contributed by atoms with Crippen LogP contribution in [0, 0.1) is 11.3 Å². The summed E-state index contributed by atoms with van der Waals surface area (Å²) in [6.45, 7) is 0. The highest BCUT2D eigenvalue weighted by Gasteiger charge is 2.03. The van der Waals surface area contributed by atoms with E-state index in [1.54, 1.807) is 12.1 Å². The number of nitrogens with one attached hydrogen (secondary N) is 1. The van der Waals surface area contributed by atoms with Crippen molar-refractivity contribution in [3.8, 4) is 6.07 Å². The molecule has 17 heavy (non-hydrogen) atoms. The molecule has 2 rings (SSSR count). The lowest BCUT2D eigenvalue weighted by molar-refractivity contribution is 1.45. The number of nitriles is 1. The van der Waals surface area contributed by atoms with E-state index in [0.717, 1.165) is 20.3 Å². The van der Waals surface area contributed by atoms with Gasteiger partial charge in [0.1, 0.15) is 0 Å². The molecule has 0 aromatic heterocycles. The van der Waals surface area contributed by atoms with E-state index >= 15 is 0 Å². The summed E-state index contributed by atoms with van der Waals surface area (Å²) in [6.07, 6.45) is 0. The van der Waals surface area contributed by atoms with Crippen molar-refractivity contribution in [3.63, 3.8) is 0 Å². The Morgan fingerprint density at radius 3 is 2.29 bits per heavy atom. The first kappa shape index (κ1) is 12.2. The smallest absolute Gasteiger partial charge is 0.0992 e. The molecule has 0 aliphatic rings. The van der Waals surface area contributed by atoms with E-state index in [4.69, 9.17) is 5.26 Å². The van der Waals surface area contributed by atoms with Crippen LogP contribution in [0.5, 0.6) is 0 Å². The molecular weight excluding hydrogens is 344 g/mol. The molecule has 2 aromatic rings. The van der Waals surface area contributed by atoms with E-state index in [-0.39, 0.29) is 0 Å². The third-order valence-electron chi connectivity index (χ3n) is 2.24. The van der Waals surface area contributed by atoms with Crippen LogP contribution in [0.4, 0.5) is 11.4 Å². The molecule has 2 aromatic carbocycles.